The molecule has 0 aromatic heterocycles. The van der Waals surface area contributed by atoms with Crippen molar-refractivity contribution in [2.75, 3.05) is 40.3 Å². The summed E-state index contributed by atoms with van der Waals surface area (Å²) in [7, 11) is 3.31. The summed E-state index contributed by atoms with van der Waals surface area (Å²) in [5.74, 6) is -2.39. The van der Waals surface area contributed by atoms with E-state index < -0.39 is 48.1 Å². The first-order valence-corrected chi connectivity index (χ1v) is 27.7. The third-order valence-corrected chi connectivity index (χ3v) is 17.1. The molecule has 4 heterocycles. The van der Waals surface area contributed by atoms with Crippen molar-refractivity contribution in [3.8, 4) is 0 Å². The van der Waals surface area contributed by atoms with Gasteiger partial charge in [0.05, 0.1) is 37.0 Å². The maximum atomic E-state index is 14.6. The van der Waals surface area contributed by atoms with Crippen molar-refractivity contribution in [3.05, 3.63) is 106 Å². The number of hydrogen-bond acceptors (Lipinski definition) is 10. The van der Waals surface area contributed by atoms with E-state index >= 15 is 0 Å². The maximum absolute atomic E-state index is 14.6. The van der Waals surface area contributed by atoms with E-state index in [1.54, 1.807) is 47.5 Å². The topological polar surface area (TPSA) is 222 Å². The highest BCUT2D eigenvalue weighted by Crippen LogP contribution is 2.35. The fourth-order valence-electron chi connectivity index (χ4n) is 12.5. The number of hydrogen-bond donors (Lipinski definition) is 6. The van der Waals surface area contributed by atoms with Gasteiger partial charge in [-0.3, -0.25) is 38.4 Å². The van der Waals surface area contributed by atoms with Gasteiger partial charge in [-0.25, -0.2) is 0 Å². The number of amides is 8. The van der Waals surface area contributed by atoms with Crippen molar-refractivity contribution in [2.24, 2.45) is 0 Å². The standard InChI is InChI=1S/C58H76N10O8/c1-35(59-3)53(71)63-47-33-65(29-27-41-23-25-49(67(41)57(47)75)55(73)61-45-17-9-13-39-11-5-7-15-43(39)45)51(69)31-37-19-21-38(22-20-37)32-52(70)66-30-28-42-24-26-50(68(42)58(76)48(34-66)64-54(72)36(2)60-4)56(74)62-46-18-10-14-40-12-6-8-16-44(40)46/h5-8,11-12,15-16,19-22,35-36,41-42,45-50,59-60H,9-10,13-14,17-18,23-34H2,1-4H3,(H,61,73)(H,62,74)(H,63,71)(H,64,72)/t35-,36-,41+,42+,45+,46+,47-,48-,49-,50?/m0/s1. The molecule has 3 aromatic rings. The van der Waals surface area contributed by atoms with Crippen molar-refractivity contribution in [2.45, 2.75) is 164 Å². The SMILES string of the molecule is CN[C@@H](C)C(=O)N[C@H]1CN(C(=O)Cc2ccc(CC(=O)N3CC[C@H]4CC[C@@H](C(=O)N[C@@H]5CCCc6ccccc65)N4C(=O)[C@@H](NC(=O)[C@H](C)NC)C3)cc2)CC[C@H]2CCC(C(=O)N[C@@H]3CCCc4ccccc43)N2C1=O. The first-order chi connectivity index (χ1) is 36.7. The van der Waals surface area contributed by atoms with E-state index in [0.29, 0.717) is 62.7 Å². The fourth-order valence-corrected chi connectivity index (χ4v) is 12.5. The van der Waals surface area contributed by atoms with Crippen LogP contribution in [0.2, 0.25) is 0 Å². The van der Waals surface area contributed by atoms with Crippen LogP contribution in [0.1, 0.15) is 124 Å². The lowest BCUT2D eigenvalue weighted by Crippen LogP contribution is -2.62. The van der Waals surface area contributed by atoms with Gasteiger partial charge in [-0.2, -0.15) is 0 Å². The first kappa shape index (κ1) is 54.1. The molecule has 6 aliphatic rings. The number of nitrogens with one attached hydrogen (secondary N) is 6. The Morgan fingerprint density at radius 3 is 1.29 bits per heavy atom. The number of likely N-dealkylation sites (N-methyl/N-ethyl adjacent to an activating group) is 2. The predicted octanol–water partition coefficient (Wildman–Crippen LogP) is 2.53. The molecule has 18 nitrogen and oxygen atoms in total. The molecule has 406 valence electrons. The average molecular weight is 1040 g/mol. The highest BCUT2D eigenvalue weighted by atomic mass is 16.2. The largest absolute Gasteiger partial charge is 0.347 e. The molecule has 0 spiro atoms. The highest BCUT2D eigenvalue weighted by Gasteiger charge is 2.48. The predicted molar refractivity (Wildman–Crippen MR) is 285 cm³/mol. The second kappa shape index (κ2) is 24.1. The molecule has 9 rings (SSSR count). The van der Waals surface area contributed by atoms with E-state index in [1.807, 2.05) is 48.5 Å². The smallest absolute Gasteiger partial charge is 0.247 e. The monoisotopic (exact) mass is 1040 g/mol. The van der Waals surface area contributed by atoms with Gasteiger partial charge in [-0.05, 0) is 138 Å². The highest BCUT2D eigenvalue weighted by molar-refractivity contribution is 5.96. The van der Waals surface area contributed by atoms with Crippen LogP contribution in [0.3, 0.4) is 0 Å². The number of nitrogens with zero attached hydrogens (tertiary/aromatic N) is 4. The molecule has 0 bridgehead atoms. The lowest BCUT2D eigenvalue weighted by Gasteiger charge is -2.39. The Balaban J connectivity index is 0.839. The number of fused-ring (bicyclic) bond motifs is 4. The Hall–Kier alpha value is -6.66. The Bertz CT molecular complexity index is 2490. The van der Waals surface area contributed by atoms with Crippen LogP contribution in [0, 0.1) is 0 Å². The van der Waals surface area contributed by atoms with Crippen molar-refractivity contribution in [1.82, 2.24) is 51.5 Å². The number of rotatable bonds is 14. The normalized spacial score (nSPS) is 26.2. The molecule has 0 radical (unpaired) electrons. The Labute approximate surface area is 446 Å². The summed E-state index contributed by atoms with van der Waals surface area (Å²) in [6.45, 7) is 3.92. The van der Waals surface area contributed by atoms with Gasteiger partial charge in [0, 0.05) is 38.3 Å². The van der Waals surface area contributed by atoms with Crippen molar-refractivity contribution in [3.63, 3.8) is 0 Å². The fraction of sp³-hybridized carbons (Fsp3) is 0.552. The lowest BCUT2D eigenvalue weighted by atomic mass is 9.87. The van der Waals surface area contributed by atoms with Crippen LogP contribution in [0.25, 0.3) is 0 Å². The van der Waals surface area contributed by atoms with E-state index in [-0.39, 0.29) is 85.5 Å². The van der Waals surface area contributed by atoms with Crippen molar-refractivity contribution < 1.29 is 38.4 Å². The van der Waals surface area contributed by atoms with Crippen molar-refractivity contribution in [1.29, 1.82) is 0 Å². The summed E-state index contributed by atoms with van der Waals surface area (Å²) in [6, 6.07) is 17.9. The molecule has 8 amide bonds. The third-order valence-electron chi connectivity index (χ3n) is 17.1. The zero-order valence-corrected chi connectivity index (χ0v) is 44.5. The van der Waals surface area contributed by atoms with Gasteiger partial charge < -0.3 is 51.5 Å². The second-order valence-electron chi connectivity index (χ2n) is 21.9. The van der Waals surface area contributed by atoms with Gasteiger partial charge in [0.25, 0.3) is 0 Å². The van der Waals surface area contributed by atoms with Gasteiger partial charge in [0.1, 0.15) is 24.2 Å². The number of aryl methyl sites for hydroxylation is 2. The molecular formula is C58H76N10O8. The first-order valence-electron chi connectivity index (χ1n) is 27.7. The summed E-state index contributed by atoms with van der Waals surface area (Å²) in [5, 5.41) is 18.2. The number of carbonyl (C=O) groups excluding carboxylic acids is 8. The molecule has 6 N–H and O–H groups in total. The maximum Gasteiger partial charge on any atom is 0.247 e. The Morgan fingerprint density at radius 1 is 0.500 bits per heavy atom. The molecule has 18 heteroatoms. The summed E-state index contributed by atoms with van der Waals surface area (Å²) in [6.07, 6.45) is 8.59. The summed E-state index contributed by atoms with van der Waals surface area (Å²) in [5.41, 5.74) is 6.07. The molecular weight excluding hydrogens is 965 g/mol. The molecule has 3 aromatic carbocycles. The van der Waals surface area contributed by atoms with Gasteiger partial charge in [-0.1, -0.05) is 72.8 Å². The summed E-state index contributed by atoms with van der Waals surface area (Å²) in [4.78, 5) is 119. The summed E-state index contributed by atoms with van der Waals surface area (Å²) < 4.78 is 0. The van der Waals surface area contributed by atoms with Crippen LogP contribution in [-0.2, 0) is 64.0 Å². The van der Waals surface area contributed by atoms with E-state index in [9.17, 15) is 38.4 Å². The minimum atomic E-state index is -1.08. The van der Waals surface area contributed by atoms with E-state index in [4.69, 9.17) is 0 Å². The van der Waals surface area contributed by atoms with Crippen molar-refractivity contribution >= 4 is 47.3 Å². The van der Waals surface area contributed by atoms with E-state index in [1.165, 1.54) is 11.1 Å². The minimum Gasteiger partial charge on any atom is -0.347 e. The zero-order chi connectivity index (χ0) is 53.6. The van der Waals surface area contributed by atoms with Gasteiger partial charge in [-0.15, -0.1) is 0 Å². The molecule has 0 saturated carbocycles. The van der Waals surface area contributed by atoms with E-state index in [2.05, 4.69) is 56.2 Å². The number of carbonyl (C=O) groups is 8. The molecule has 2 aliphatic carbocycles. The Morgan fingerprint density at radius 2 is 0.895 bits per heavy atom. The average Bonchev–Trinajstić information content (AvgIpc) is 4.06. The van der Waals surface area contributed by atoms with Crippen LogP contribution in [0.4, 0.5) is 0 Å². The molecule has 10 atom stereocenters. The molecule has 1 unspecified atom stereocenters. The van der Waals surface area contributed by atoms with Gasteiger partial charge in [0.15, 0.2) is 0 Å². The third kappa shape index (κ3) is 12.0. The molecule has 76 heavy (non-hydrogen) atoms. The number of benzene rings is 3. The Kier molecular flexibility index (Phi) is 17.2. The van der Waals surface area contributed by atoms with Crippen LogP contribution in [0.5, 0.6) is 0 Å². The second-order valence-corrected chi connectivity index (χ2v) is 21.9. The van der Waals surface area contributed by atoms with Crippen LogP contribution < -0.4 is 31.9 Å². The lowest BCUT2D eigenvalue weighted by molar-refractivity contribution is -0.147. The van der Waals surface area contributed by atoms with Crippen LogP contribution in [-0.4, -0.2) is 155 Å². The quantitative estimate of drug-likeness (QED) is 0.139. The zero-order valence-electron chi connectivity index (χ0n) is 44.5. The molecule has 4 fully saturated rings. The van der Waals surface area contributed by atoms with Gasteiger partial charge >= 0.3 is 0 Å². The van der Waals surface area contributed by atoms with Gasteiger partial charge in [0.2, 0.25) is 47.3 Å². The molecule has 4 aliphatic heterocycles. The van der Waals surface area contributed by atoms with Crippen LogP contribution in [0.15, 0.2) is 72.8 Å². The minimum absolute atomic E-state index is 0.0176. The summed E-state index contributed by atoms with van der Waals surface area (Å²) >= 11 is 0. The van der Waals surface area contributed by atoms with Crippen LogP contribution >= 0.6 is 0 Å². The van der Waals surface area contributed by atoms with E-state index in [0.717, 1.165) is 49.7 Å². The molecule has 4 saturated heterocycles.